The van der Waals surface area contributed by atoms with Crippen LogP contribution in [-0.2, 0) is 21.4 Å². The molecule has 0 spiro atoms. The van der Waals surface area contributed by atoms with Gasteiger partial charge in [-0.2, -0.15) is 0 Å². The molecule has 0 fully saturated rings. The van der Waals surface area contributed by atoms with Crippen LogP contribution in [0, 0.1) is 5.82 Å². The minimum atomic E-state index is -3.71. The maximum atomic E-state index is 12.9. The molecule has 0 saturated heterocycles. The zero-order chi connectivity index (χ0) is 19.3. The van der Waals surface area contributed by atoms with E-state index in [0.717, 1.165) is 10.6 Å². The minimum absolute atomic E-state index is 0.166. The van der Waals surface area contributed by atoms with E-state index in [1.807, 2.05) is 0 Å². The lowest BCUT2D eigenvalue weighted by Crippen LogP contribution is -2.47. The maximum absolute atomic E-state index is 12.9. The number of amides is 1. The lowest BCUT2D eigenvalue weighted by molar-refractivity contribution is -0.122. The number of halogens is 1. The highest BCUT2D eigenvalue weighted by atomic mass is 32.2. The average molecular weight is 380 g/mol. The molecular formula is C18H21FN2O4S. The van der Waals surface area contributed by atoms with E-state index in [4.69, 9.17) is 4.74 Å². The Morgan fingerprint density at radius 1 is 1.23 bits per heavy atom. The first kappa shape index (κ1) is 19.7. The van der Waals surface area contributed by atoms with Crippen molar-refractivity contribution in [3.63, 3.8) is 0 Å². The van der Waals surface area contributed by atoms with Gasteiger partial charge >= 0.3 is 0 Å². The predicted molar refractivity (Wildman–Crippen MR) is 98.0 cm³/mol. The van der Waals surface area contributed by atoms with Crippen molar-refractivity contribution in [3.05, 3.63) is 59.9 Å². The molecule has 1 amide bonds. The predicted octanol–water partition coefficient (Wildman–Crippen LogP) is 2.31. The van der Waals surface area contributed by atoms with Gasteiger partial charge in [0.15, 0.2) is 0 Å². The zero-order valence-electron chi connectivity index (χ0n) is 14.8. The van der Waals surface area contributed by atoms with Crippen molar-refractivity contribution in [1.82, 2.24) is 5.32 Å². The van der Waals surface area contributed by atoms with E-state index in [0.29, 0.717) is 17.0 Å². The van der Waals surface area contributed by atoms with Crippen molar-refractivity contribution >= 4 is 21.6 Å². The van der Waals surface area contributed by atoms with Crippen LogP contribution < -0.4 is 14.4 Å². The first-order valence-electron chi connectivity index (χ1n) is 7.88. The van der Waals surface area contributed by atoms with Gasteiger partial charge in [-0.25, -0.2) is 12.8 Å². The van der Waals surface area contributed by atoms with Crippen LogP contribution in [0.5, 0.6) is 5.75 Å². The smallest absolute Gasteiger partial charge is 0.243 e. The number of nitrogens with zero attached hydrogens (tertiary/aromatic N) is 1. The Labute approximate surface area is 152 Å². The number of ether oxygens (including phenoxy) is 1. The summed E-state index contributed by atoms with van der Waals surface area (Å²) < 4.78 is 43.6. The third kappa shape index (κ3) is 4.95. The first-order chi connectivity index (χ1) is 12.2. The molecular weight excluding hydrogens is 359 g/mol. The molecule has 0 heterocycles. The lowest BCUT2D eigenvalue weighted by Gasteiger charge is -2.28. The SMILES string of the molecule is COc1cccc(N([C@@H](C)C(=O)NCc2ccc(F)cc2)S(C)(=O)=O)c1. The second kappa shape index (κ2) is 8.18. The van der Waals surface area contributed by atoms with E-state index < -0.39 is 22.0 Å². The Bertz CT molecular complexity index is 869. The molecule has 0 saturated carbocycles. The molecule has 0 aliphatic carbocycles. The second-order valence-corrected chi connectivity index (χ2v) is 7.64. The number of carbonyl (C=O) groups is 1. The highest BCUT2D eigenvalue weighted by molar-refractivity contribution is 7.92. The third-order valence-electron chi connectivity index (χ3n) is 3.78. The summed E-state index contributed by atoms with van der Waals surface area (Å²) >= 11 is 0. The first-order valence-corrected chi connectivity index (χ1v) is 9.73. The summed E-state index contributed by atoms with van der Waals surface area (Å²) in [6.45, 7) is 1.67. The Balaban J connectivity index is 2.19. The van der Waals surface area contributed by atoms with Gasteiger partial charge in [0, 0.05) is 12.6 Å². The minimum Gasteiger partial charge on any atom is -0.497 e. The molecule has 0 unspecified atom stereocenters. The lowest BCUT2D eigenvalue weighted by atomic mass is 10.2. The number of nitrogens with one attached hydrogen (secondary N) is 1. The molecule has 0 aliphatic rings. The number of carbonyl (C=O) groups excluding carboxylic acids is 1. The quantitative estimate of drug-likeness (QED) is 0.800. The van der Waals surface area contributed by atoms with E-state index in [-0.39, 0.29) is 12.4 Å². The Hall–Kier alpha value is -2.61. The highest BCUT2D eigenvalue weighted by Crippen LogP contribution is 2.25. The highest BCUT2D eigenvalue weighted by Gasteiger charge is 2.29. The monoisotopic (exact) mass is 380 g/mol. The van der Waals surface area contributed by atoms with Crippen LogP contribution >= 0.6 is 0 Å². The summed E-state index contributed by atoms with van der Waals surface area (Å²) in [6, 6.07) is 11.2. The molecule has 2 aromatic carbocycles. The van der Waals surface area contributed by atoms with Crippen LogP contribution in [0.15, 0.2) is 48.5 Å². The standard InChI is InChI=1S/C18H21FN2O4S/c1-13(18(22)20-12-14-7-9-15(19)10-8-14)21(26(3,23)24)16-5-4-6-17(11-16)25-2/h4-11,13H,12H2,1-3H3,(H,20,22)/t13-/m0/s1. The molecule has 1 atom stereocenters. The van der Waals surface area contributed by atoms with Crippen LogP contribution in [0.3, 0.4) is 0 Å². The summed E-state index contributed by atoms with van der Waals surface area (Å²) in [4.78, 5) is 12.5. The molecule has 0 aliphatic heterocycles. The number of benzene rings is 2. The molecule has 2 rings (SSSR count). The maximum Gasteiger partial charge on any atom is 0.243 e. The molecule has 2 aromatic rings. The van der Waals surface area contributed by atoms with Gasteiger partial charge in [-0.3, -0.25) is 9.10 Å². The van der Waals surface area contributed by atoms with Gasteiger partial charge < -0.3 is 10.1 Å². The molecule has 6 nitrogen and oxygen atoms in total. The number of hydrogen-bond acceptors (Lipinski definition) is 4. The van der Waals surface area contributed by atoms with Crippen LogP contribution in [0.25, 0.3) is 0 Å². The van der Waals surface area contributed by atoms with Crippen molar-refractivity contribution in [2.24, 2.45) is 0 Å². The third-order valence-corrected chi connectivity index (χ3v) is 5.02. The van der Waals surface area contributed by atoms with Crippen molar-refractivity contribution in [2.45, 2.75) is 19.5 Å². The van der Waals surface area contributed by atoms with Gasteiger partial charge in [-0.05, 0) is 36.8 Å². The fourth-order valence-electron chi connectivity index (χ4n) is 2.50. The second-order valence-electron chi connectivity index (χ2n) is 5.78. The summed E-state index contributed by atoms with van der Waals surface area (Å²) in [7, 11) is -2.23. The molecule has 26 heavy (non-hydrogen) atoms. The largest absolute Gasteiger partial charge is 0.497 e. The number of rotatable bonds is 7. The van der Waals surface area contributed by atoms with Gasteiger partial charge in [0.25, 0.3) is 0 Å². The zero-order valence-corrected chi connectivity index (χ0v) is 15.6. The number of sulfonamides is 1. The summed E-state index contributed by atoms with van der Waals surface area (Å²) in [5, 5.41) is 2.67. The molecule has 0 aromatic heterocycles. The van der Waals surface area contributed by atoms with Gasteiger partial charge in [0.2, 0.25) is 15.9 Å². The van der Waals surface area contributed by atoms with E-state index in [9.17, 15) is 17.6 Å². The van der Waals surface area contributed by atoms with Gasteiger partial charge in [0.05, 0.1) is 19.1 Å². The van der Waals surface area contributed by atoms with Crippen molar-refractivity contribution in [3.8, 4) is 5.75 Å². The van der Waals surface area contributed by atoms with Crippen LogP contribution in [0.4, 0.5) is 10.1 Å². The fourth-order valence-corrected chi connectivity index (χ4v) is 3.66. The Kier molecular flexibility index (Phi) is 6.20. The molecule has 8 heteroatoms. The Morgan fingerprint density at radius 3 is 2.46 bits per heavy atom. The molecule has 140 valence electrons. The van der Waals surface area contributed by atoms with Crippen LogP contribution in [0.2, 0.25) is 0 Å². The van der Waals surface area contributed by atoms with E-state index in [2.05, 4.69) is 5.32 Å². The topological polar surface area (TPSA) is 75.7 Å². The van der Waals surface area contributed by atoms with Crippen LogP contribution in [0.1, 0.15) is 12.5 Å². The fraction of sp³-hybridized carbons (Fsp3) is 0.278. The number of methoxy groups -OCH3 is 1. The van der Waals surface area contributed by atoms with Gasteiger partial charge in [0.1, 0.15) is 17.6 Å². The van der Waals surface area contributed by atoms with E-state index >= 15 is 0 Å². The summed E-state index contributed by atoms with van der Waals surface area (Å²) in [5.41, 5.74) is 1.04. The van der Waals surface area contributed by atoms with Gasteiger partial charge in [-0.1, -0.05) is 18.2 Å². The summed E-state index contributed by atoms with van der Waals surface area (Å²) in [6.07, 6.45) is 1.04. The van der Waals surface area contributed by atoms with Gasteiger partial charge in [-0.15, -0.1) is 0 Å². The molecule has 0 bridgehead atoms. The molecule has 0 radical (unpaired) electrons. The van der Waals surface area contributed by atoms with Crippen molar-refractivity contribution in [1.29, 1.82) is 0 Å². The van der Waals surface area contributed by atoms with Crippen molar-refractivity contribution in [2.75, 3.05) is 17.7 Å². The van der Waals surface area contributed by atoms with E-state index in [1.54, 1.807) is 36.4 Å². The molecule has 1 N–H and O–H groups in total. The van der Waals surface area contributed by atoms with Crippen LogP contribution in [-0.4, -0.2) is 33.7 Å². The van der Waals surface area contributed by atoms with Crippen molar-refractivity contribution < 1.29 is 22.3 Å². The summed E-state index contributed by atoms with van der Waals surface area (Å²) in [5.74, 6) is -0.354. The van der Waals surface area contributed by atoms with E-state index in [1.165, 1.54) is 26.2 Å². The average Bonchev–Trinajstić information content (AvgIpc) is 2.60. The normalized spacial score (nSPS) is 12.3. The Morgan fingerprint density at radius 2 is 1.88 bits per heavy atom. The number of hydrogen-bond donors (Lipinski definition) is 1. The number of anilines is 1.